The number of hydrogen-bond acceptors (Lipinski definition) is 10. The van der Waals surface area contributed by atoms with Gasteiger partial charge in [-0.05, 0) is 43.5 Å². The van der Waals surface area contributed by atoms with Crippen LogP contribution in [0.15, 0.2) is 76.8 Å². The van der Waals surface area contributed by atoms with Crippen LogP contribution in [0.25, 0.3) is 11.4 Å². The highest BCUT2D eigenvalue weighted by atomic mass is 32.2. The van der Waals surface area contributed by atoms with Gasteiger partial charge in [-0.25, -0.2) is 4.98 Å². The van der Waals surface area contributed by atoms with Gasteiger partial charge in [-0.15, -0.1) is 10.2 Å². The minimum Gasteiger partial charge on any atom is -0.505 e. The smallest absolute Gasteiger partial charge is 0.301 e. The maximum Gasteiger partial charge on any atom is 0.301 e. The number of Topliss-reactive ketones (excluding diaryl/α,β-unsaturated/α-hetero) is 1. The topological polar surface area (TPSA) is 144 Å². The number of benzene rings is 2. The third-order valence-electron chi connectivity index (χ3n) is 7.23. The van der Waals surface area contributed by atoms with Gasteiger partial charge in [0.25, 0.3) is 11.5 Å². The second kappa shape index (κ2) is 11.1. The van der Waals surface area contributed by atoms with Crippen molar-refractivity contribution < 1.29 is 19.6 Å². The van der Waals surface area contributed by atoms with Crippen molar-refractivity contribution in [1.29, 1.82) is 0 Å². The maximum atomic E-state index is 13.6. The van der Waals surface area contributed by atoms with Crippen LogP contribution >= 0.6 is 23.1 Å². The Labute approximate surface area is 253 Å². The molecule has 1 aliphatic rings. The number of rotatable bonds is 7. The quantitative estimate of drug-likeness (QED) is 0.0449. The summed E-state index contributed by atoms with van der Waals surface area (Å²) in [6.45, 7) is 5.63. The Morgan fingerprint density at radius 3 is 2.56 bits per heavy atom. The number of aryl methyl sites for hydroxylation is 3. The van der Waals surface area contributed by atoms with Crippen molar-refractivity contribution in [3.8, 4) is 0 Å². The van der Waals surface area contributed by atoms with E-state index in [1.165, 1.54) is 30.0 Å². The number of nitro groups is 1. The molecule has 0 bridgehead atoms. The molecule has 0 radical (unpaired) electrons. The fourth-order valence-electron chi connectivity index (χ4n) is 5.02. The molecule has 1 unspecified atom stereocenters. The monoisotopic (exact) mass is 612 g/mol. The molecule has 43 heavy (non-hydrogen) atoms. The van der Waals surface area contributed by atoms with E-state index in [-0.39, 0.29) is 27.6 Å². The van der Waals surface area contributed by atoms with Crippen LogP contribution in [0, 0.1) is 30.9 Å². The van der Waals surface area contributed by atoms with Crippen LogP contribution in [0.4, 0.5) is 10.8 Å². The predicted octanol–water partition coefficient (Wildman–Crippen LogP) is 5.94. The molecule has 4 heterocycles. The van der Waals surface area contributed by atoms with Crippen LogP contribution in [0.5, 0.6) is 0 Å². The van der Waals surface area contributed by atoms with Crippen molar-refractivity contribution in [3.63, 3.8) is 0 Å². The van der Waals surface area contributed by atoms with E-state index in [9.17, 15) is 24.8 Å². The molecule has 3 aromatic heterocycles. The van der Waals surface area contributed by atoms with Gasteiger partial charge in [0.05, 0.1) is 22.2 Å². The first-order chi connectivity index (χ1) is 20.6. The number of nitrogens with zero attached hydrogens (tertiary/aromatic N) is 6. The Kier molecular flexibility index (Phi) is 7.28. The molecular formula is C30H24N6O5S2. The predicted molar refractivity (Wildman–Crippen MR) is 163 cm³/mol. The number of amides is 1. The normalized spacial score (nSPS) is 16.3. The number of imidazole rings is 1. The summed E-state index contributed by atoms with van der Waals surface area (Å²) in [5, 5.41) is 31.8. The minimum absolute atomic E-state index is 0.131. The lowest BCUT2D eigenvalue weighted by atomic mass is 9.96. The number of fused-ring (bicyclic) bond motifs is 1. The van der Waals surface area contributed by atoms with Crippen molar-refractivity contribution in [2.75, 3.05) is 4.90 Å². The number of anilines is 1. The molecule has 6 rings (SSSR count). The molecule has 1 aliphatic heterocycles. The van der Waals surface area contributed by atoms with Crippen LogP contribution < -0.4 is 4.90 Å². The Balaban J connectivity index is 1.46. The number of non-ortho nitro benzene ring substituents is 1. The molecule has 1 atom stereocenters. The van der Waals surface area contributed by atoms with Gasteiger partial charge in [-0.3, -0.25) is 24.6 Å². The van der Waals surface area contributed by atoms with Crippen molar-refractivity contribution in [2.45, 2.75) is 36.9 Å². The summed E-state index contributed by atoms with van der Waals surface area (Å²) in [4.78, 5) is 44.0. The third-order valence-corrected chi connectivity index (χ3v) is 9.36. The van der Waals surface area contributed by atoms with E-state index >= 15 is 0 Å². The molecule has 0 aliphatic carbocycles. The van der Waals surface area contributed by atoms with Crippen LogP contribution in [0.1, 0.15) is 39.7 Å². The van der Waals surface area contributed by atoms with Gasteiger partial charge >= 0.3 is 5.91 Å². The molecule has 11 nitrogen and oxygen atoms in total. The average Bonchev–Trinajstić information content (AvgIpc) is 3.68. The highest BCUT2D eigenvalue weighted by Crippen LogP contribution is 2.44. The number of carbonyl (C=O) groups is 2. The Hall–Kier alpha value is -4.88. The summed E-state index contributed by atoms with van der Waals surface area (Å²) in [7, 11) is 0. The van der Waals surface area contributed by atoms with Crippen molar-refractivity contribution >= 4 is 57.0 Å². The number of aliphatic hydroxyl groups excluding tert-OH is 1. The highest BCUT2D eigenvalue weighted by Gasteiger charge is 2.49. The van der Waals surface area contributed by atoms with E-state index in [1.807, 2.05) is 50.2 Å². The maximum absolute atomic E-state index is 13.6. The largest absolute Gasteiger partial charge is 0.505 e. The van der Waals surface area contributed by atoms with E-state index in [4.69, 9.17) is 0 Å². The Morgan fingerprint density at radius 2 is 1.84 bits per heavy atom. The lowest BCUT2D eigenvalue weighted by Gasteiger charge is -2.22. The standard InChI is InChI=1S/C30H24N6O5S2/c1-16-9-11-19(12-10-16)15-42-30-33-32-29(43-30)35-24(20-7-4-8-21(14-20)36(40)41)22(26(38)28(35)39)25(37)23-18(3)34-13-5-6-17(2)27(34)31-23/h4-14,24,37H,15H2,1-3H3/b25-22+. The number of aromatic nitrogens is 4. The van der Waals surface area contributed by atoms with Gasteiger partial charge in [0.15, 0.2) is 10.1 Å². The second-order valence-electron chi connectivity index (χ2n) is 10.1. The van der Waals surface area contributed by atoms with Gasteiger partial charge in [0.2, 0.25) is 5.13 Å². The highest BCUT2D eigenvalue weighted by molar-refractivity contribution is 8.00. The van der Waals surface area contributed by atoms with Gasteiger partial charge in [0, 0.05) is 24.1 Å². The van der Waals surface area contributed by atoms with Gasteiger partial charge < -0.3 is 9.51 Å². The molecule has 2 aromatic carbocycles. The SMILES string of the molecule is Cc1ccc(CSc2nnc(N3C(=O)C(=O)/C(=C(/O)c4nc5c(C)cccn5c4C)C3c3cccc([N+](=O)[O-])c3)s2)cc1. The van der Waals surface area contributed by atoms with Crippen LogP contribution in [0.3, 0.4) is 0 Å². The van der Waals surface area contributed by atoms with Gasteiger partial charge in [0.1, 0.15) is 11.3 Å². The number of hydrogen-bond donors (Lipinski definition) is 1. The van der Waals surface area contributed by atoms with Crippen LogP contribution in [-0.4, -0.2) is 41.3 Å². The minimum atomic E-state index is -1.20. The first-order valence-electron chi connectivity index (χ1n) is 13.2. The summed E-state index contributed by atoms with van der Waals surface area (Å²) in [6.07, 6.45) is 1.79. The molecule has 13 heteroatoms. The van der Waals surface area contributed by atoms with Crippen LogP contribution in [-0.2, 0) is 15.3 Å². The van der Waals surface area contributed by atoms with E-state index in [1.54, 1.807) is 23.6 Å². The molecule has 1 N–H and O–H groups in total. The lowest BCUT2D eigenvalue weighted by molar-refractivity contribution is -0.384. The summed E-state index contributed by atoms with van der Waals surface area (Å²) >= 11 is 2.55. The van der Waals surface area contributed by atoms with Gasteiger partial charge in [-0.1, -0.05) is 71.1 Å². The third kappa shape index (κ3) is 5.06. The van der Waals surface area contributed by atoms with E-state index in [0.717, 1.165) is 32.9 Å². The van der Waals surface area contributed by atoms with Crippen molar-refractivity contribution in [2.24, 2.45) is 0 Å². The number of nitro benzene ring substituents is 1. The zero-order valence-corrected chi connectivity index (χ0v) is 24.8. The Bertz CT molecular complexity index is 1960. The number of thioether (sulfide) groups is 1. The molecule has 1 saturated heterocycles. The van der Waals surface area contributed by atoms with Crippen molar-refractivity contribution in [3.05, 3.63) is 116 Å². The number of ketones is 1. The number of carbonyl (C=O) groups excluding carboxylic acids is 2. The van der Waals surface area contributed by atoms with Crippen LogP contribution in [0.2, 0.25) is 0 Å². The van der Waals surface area contributed by atoms with E-state index in [0.29, 0.717) is 21.4 Å². The molecule has 1 amide bonds. The first kappa shape index (κ1) is 28.2. The van der Waals surface area contributed by atoms with Gasteiger partial charge in [-0.2, -0.15) is 0 Å². The summed E-state index contributed by atoms with van der Waals surface area (Å²) in [5.41, 5.74) is 4.16. The molecular weight excluding hydrogens is 589 g/mol. The Morgan fingerprint density at radius 1 is 1.07 bits per heavy atom. The molecule has 5 aromatic rings. The zero-order valence-electron chi connectivity index (χ0n) is 23.2. The molecule has 1 fully saturated rings. The van der Waals surface area contributed by atoms with E-state index in [2.05, 4.69) is 15.2 Å². The number of aliphatic hydroxyl groups is 1. The zero-order chi connectivity index (χ0) is 30.4. The molecule has 0 spiro atoms. The summed E-state index contributed by atoms with van der Waals surface area (Å²) in [6, 6.07) is 16.2. The lowest BCUT2D eigenvalue weighted by Crippen LogP contribution is -2.29. The first-order valence-corrected chi connectivity index (χ1v) is 15.0. The fourth-order valence-corrected chi connectivity index (χ4v) is 6.84. The fraction of sp³-hybridized carbons (Fsp3) is 0.167. The summed E-state index contributed by atoms with van der Waals surface area (Å²) in [5.74, 6) is -1.74. The average molecular weight is 613 g/mol. The molecule has 0 saturated carbocycles. The number of pyridine rings is 1. The second-order valence-corrected chi connectivity index (χ2v) is 12.3. The van der Waals surface area contributed by atoms with Crippen molar-refractivity contribution in [1.82, 2.24) is 19.6 Å². The molecule has 216 valence electrons. The summed E-state index contributed by atoms with van der Waals surface area (Å²) < 4.78 is 2.35. The van der Waals surface area contributed by atoms with E-state index < -0.39 is 28.4 Å².